The summed E-state index contributed by atoms with van der Waals surface area (Å²) in [5.74, 6) is -0.380. The summed E-state index contributed by atoms with van der Waals surface area (Å²) in [7, 11) is 2.21. The third-order valence-electron chi connectivity index (χ3n) is 10.5. The SMILES string of the molecule is [CH2+]CCCC/C=C\C/C=C\CCCCCCCCC1(CCCCCCCC/C=C\C/C=C\CCCCC)OC[C@H](CN(C)CCCCCCN=[N+]=[N-])O1. The third-order valence-corrected chi connectivity index (χ3v) is 10.5. The molecule has 1 unspecified atom stereocenters. The van der Waals surface area contributed by atoms with E-state index in [1.165, 1.54) is 148 Å². The molecule has 1 heterocycles. The first-order valence-corrected chi connectivity index (χ1v) is 22.6. The Morgan fingerprint density at radius 2 is 1.11 bits per heavy atom. The summed E-state index contributed by atoms with van der Waals surface area (Å²) >= 11 is 0. The summed E-state index contributed by atoms with van der Waals surface area (Å²) in [5, 5.41) is 3.65. The lowest BCUT2D eigenvalue weighted by atomic mass is 9.98. The molecule has 0 aromatic rings. The second-order valence-electron chi connectivity index (χ2n) is 15.6. The summed E-state index contributed by atoms with van der Waals surface area (Å²) in [6.07, 6.45) is 55.5. The fraction of sp³-hybridized carbons (Fsp3) is 0.809. The van der Waals surface area contributed by atoms with Gasteiger partial charge in [-0.25, -0.2) is 0 Å². The normalized spacial score (nSPS) is 17.8. The van der Waals surface area contributed by atoms with Crippen molar-refractivity contribution in [2.24, 2.45) is 5.11 Å². The molecular weight excluding hydrogens is 653 g/mol. The van der Waals surface area contributed by atoms with Gasteiger partial charge in [-0.15, -0.1) is 0 Å². The molecule has 0 aliphatic carbocycles. The Kier molecular flexibility index (Phi) is 35.4. The van der Waals surface area contributed by atoms with E-state index < -0.39 is 0 Å². The van der Waals surface area contributed by atoms with E-state index in [2.05, 4.69) is 84.4 Å². The summed E-state index contributed by atoms with van der Waals surface area (Å²) in [5.41, 5.74) is 8.44. The molecule has 1 saturated heterocycles. The minimum absolute atomic E-state index is 0.164. The van der Waals surface area contributed by atoms with Gasteiger partial charge in [0.25, 0.3) is 0 Å². The van der Waals surface area contributed by atoms with Crippen molar-refractivity contribution in [1.82, 2.24) is 4.90 Å². The predicted octanol–water partition coefficient (Wildman–Crippen LogP) is 15.1. The van der Waals surface area contributed by atoms with Crippen LogP contribution in [0.4, 0.5) is 0 Å². The minimum Gasteiger partial charge on any atom is -0.347 e. The maximum absolute atomic E-state index is 8.44. The van der Waals surface area contributed by atoms with Crippen molar-refractivity contribution in [2.75, 3.05) is 33.3 Å². The van der Waals surface area contributed by atoms with Crippen molar-refractivity contribution in [1.29, 1.82) is 0 Å². The second kappa shape index (κ2) is 38.3. The number of azide groups is 1. The van der Waals surface area contributed by atoms with Crippen LogP contribution in [0.25, 0.3) is 10.4 Å². The minimum atomic E-state index is -0.380. The van der Waals surface area contributed by atoms with E-state index in [0.717, 1.165) is 64.6 Å². The fourth-order valence-electron chi connectivity index (χ4n) is 7.19. The molecule has 1 fully saturated rings. The maximum Gasteiger partial charge on any atom is 0.168 e. The molecule has 0 N–H and O–H groups in total. The van der Waals surface area contributed by atoms with Crippen LogP contribution >= 0.6 is 0 Å². The molecule has 6 heteroatoms. The smallest absolute Gasteiger partial charge is 0.168 e. The zero-order valence-electron chi connectivity index (χ0n) is 35.1. The third kappa shape index (κ3) is 32.0. The molecule has 53 heavy (non-hydrogen) atoms. The average Bonchev–Trinajstić information content (AvgIpc) is 3.56. The van der Waals surface area contributed by atoms with Crippen LogP contribution in [0.3, 0.4) is 0 Å². The Morgan fingerprint density at radius 3 is 1.64 bits per heavy atom. The van der Waals surface area contributed by atoms with Crippen molar-refractivity contribution in [3.05, 3.63) is 66.0 Å². The molecule has 0 radical (unpaired) electrons. The van der Waals surface area contributed by atoms with Crippen LogP contribution < -0.4 is 0 Å². The van der Waals surface area contributed by atoms with E-state index >= 15 is 0 Å². The quantitative estimate of drug-likeness (QED) is 0.0157. The molecule has 304 valence electrons. The zero-order valence-corrected chi connectivity index (χ0v) is 35.1. The number of allylic oxidation sites excluding steroid dienone is 8. The van der Waals surface area contributed by atoms with Gasteiger partial charge in [0.05, 0.1) is 26.1 Å². The van der Waals surface area contributed by atoms with E-state index in [0.29, 0.717) is 6.54 Å². The van der Waals surface area contributed by atoms with Gasteiger partial charge in [-0.05, 0) is 115 Å². The topological polar surface area (TPSA) is 70.5 Å². The molecule has 1 aliphatic heterocycles. The Bertz CT molecular complexity index is 906. The van der Waals surface area contributed by atoms with Gasteiger partial charge in [0.15, 0.2) is 5.79 Å². The van der Waals surface area contributed by atoms with Crippen molar-refractivity contribution < 1.29 is 9.47 Å². The van der Waals surface area contributed by atoms with Crippen LogP contribution in [0.2, 0.25) is 0 Å². The second-order valence-corrected chi connectivity index (χ2v) is 15.6. The van der Waals surface area contributed by atoms with E-state index in [1.54, 1.807) is 0 Å². The maximum atomic E-state index is 8.44. The van der Waals surface area contributed by atoms with Gasteiger partial charge in [-0.2, -0.15) is 0 Å². The highest BCUT2D eigenvalue weighted by Gasteiger charge is 2.40. The molecule has 0 bridgehead atoms. The first-order valence-electron chi connectivity index (χ1n) is 22.6. The molecule has 0 saturated carbocycles. The van der Waals surface area contributed by atoms with Crippen molar-refractivity contribution >= 4 is 0 Å². The predicted molar refractivity (Wildman–Crippen MR) is 231 cm³/mol. The Morgan fingerprint density at radius 1 is 0.642 bits per heavy atom. The van der Waals surface area contributed by atoms with E-state index in [9.17, 15) is 0 Å². The molecule has 0 spiro atoms. The first-order chi connectivity index (χ1) is 26.2. The lowest BCUT2D eigenvalue weighted by molar-refractivity contribution is -0.180. The van der Waals surface area contributed by atoms with E-state index in [-0.39, 0.29) is 11.9 Å². The number of nitrogens with zero attached hydrogens (tertiary/aromatic N) is 4. The molecule has 0 aromatic carbocycles. The number of unbranched alkanes of at least 4 members (excludes halogenated alkanes) is 21. The standard InChI is InChI=1S/C47H85N4O2/c1-4-6-8-10-12-14-16-18-20-22-24-26-28-30-32-36-40-47(52-45-46(53-47)44-51(3)43-39-35-34-38-42-49-50-48)41-37-33-31-29-27-25-23-21-19-17-15-13-11-9-7-5-2/h12-15,18-21,46H,1,4-11,16-17,22-45H2,2-3H3/q+1/b14-12-,15-13-,20-18-,21-19-/t46-,47?/m0/s1. The summed E-state index contributed by atoms with van der Waals surface area (Å²) in [6, 6.07) is 0. The lowest BCUT2D eigenvalue weighted by Gasteiger charge is -2.29. The number of likely N-dealkylation sites (N-methyl/N-ethyl adjacent to an activating group) is 1. The number of ether oxygens (including phenoxy) is 2. The molecule has 6 nitrogen and oxygen atoms in total. The van der Waals surface area contributed by atoms with E-state index in [4.69, 9.17) is 15.0 Å². The number of hydrogen-bond donors (Lipinski definition) is 0. The molecule has 0 amide bonds. The number of hydrogen-bond acceptors (Lipinski definition) is 4. The zero-order chi connectivity index (χ0) is 38.2. The van der Waals surface area contributed by atoms with E-state index in [1.807, 2.05) is 0 Å². The van der Waals surface area contributed by atoms with Gasteiger partial charge in [0.1, 0.15) is 0 Å². The lowest BCUT2D eigenvalue weighted by Crippen LogP contribution is -2.35. The summed E-state index contributed by atoms with van der Waals surface area (Å²) in [6.45, 7) is 9.52. The largest absolute Gasteiger partial charge is 0.347 e. The monoisotopic (exact) mass is 738 g/mol. The van der Waals surface area contributed by atoms with Gasteiger partial charge in [0.2, 0.25) is 0 Å². The van der Waals surface area contributed by atoms with Crippen LogP contribution in [0, 0.1) is 6.92 Å². The van der Waals surface area contributed by atoms with Crippen LogP contribution in [-0.2, 0) is 9.47 Å². The van der Waals surface area contributed by atoms with Gasteiger partial charge >= 0.3 is 0 Å². The van der Waals surface area contributed by atoms with Crippen LogP contribution in [0.5, 0.6) is 0 Å². The molecular formula is C47H85N4O2+. The molecule has 0 aromatic heterocycles. The first kappa shape index (κ1) is 49.0. The van der Waals surface area contributed by atoms with Gasteiger partial charge < -0.3 is 14.4 Å². The van der Waals surface area contributed by atoms with Crippen LogP contribution in [-0.4, -0.2) is 50.1 Å². The summed E-state index contributed by atoms with van der Waals surface area (Å²) in [4.78, 5) is 5.26. The Balaban J connectivity index is 2.32. The summed E-state index contributed by atoms with van der Waals surface area (Å²) < 4.78 is 13.4. The van der Waals surface area contributed by atoms with Crippen LogP contribution in [0.1, 0.15) is 200 Å². The fourth-order valence-corrected chi connectivity index (χ4v) is 7.19. The average molecular weight is 738 g/mol. The molecule has 1 rings (SSSR count). The highest BCUT2D eigenvalue weighted by atomic mass is 16.7. The van der Waals surface area contributed by atoms with Gasteiger partial charge in [-0.3, -0.25) is 0 Å². The van der Waals surface area contributed by atoms with Gasteiger partial charge in [0, 0.05) is 30.8 Å². The Hall–Kier alpha value is -1.98. The van der Waals surface area contributed by atoms with Gasteiger partial charge in [-0.1, -0.05) is 138 Å². The van der Waals surface area contributed by atoms with Crippen molar-refractivity contribution in [3.8, 4) is 0 Å². The highest BCUT2D eigenvalue weighted by molar-refractivity contribution is 4.93. The van der Waals surface area contributed by atoms with Crippen molar-refractivity contribution in [3.63, 3.8) is 0 Å². The molecule has 1 aliphatic rings. The van der Waals surface area contributed by atoms with Crippen molar-refractivity contribution in [2.45, 2.75) is 211 Å². The highest BCUT2D eigenvalue weighted by Crippen LogP contribution is 2.35. The van der Waals surface area contributed by atoms with Crippen LogP contribution in [0.15, 0.2) is 53.7 Å². The number of rotatable bonds is 39. The molecule has 2 atom stereocenters. The Labute approximate surface area is 329 Å².